The van der Waals surface area contributed by atoms with Crippen molar-refractivity contribution < 1.29 is 0 Å². The van der Waals surface area contributed by atoms with Crippen LogP contribution in [0.1, 0.15) is 22.5 Å². The van der Waals surface area contributed by atoms with Crippen LogP contribution in [0.2, 0.25) is 0 Å². The van der Waals surface area contributed by atoms with Crippen LogP contribution >= 0.6 is 0 Å². The molecular weight excluding hydrogens is 350 g/mol. The molecule has 0 bridgehead atoms. The van der Waals surface area contributed by atoms with Crippen molar-refractivity contribution >= 4 is 59.1 Å². The molecule has 0 aliphatic rings. The second-order valence-electron chi connectivity index (χ2n) is 6.20. The van der Waals surface area contributed by atoms with Gasteiger partial charge in [0, 0.05) is 83.2 Å². The minimum absolute atomic E-state index is 0. The Morgan fingerprint density at radius 2 is 1.07 bits per heavy atom. The molecule has 27 heavy (non-hydrogen) atoms. The van der Waals surface area contributed by atoms with Gasteiger partial charge in [-0.15, -0.1) is 0 Å². The summed E-state index contributed by atoms with van der Waals surface area (Å²) in [7, 11) is 0. The van der Waals surface area contributed by atoms with Crippen molar-refractivity contribution in [2.75, 3.05) is 0 Å². The molecule has 2 nitrogen and oxygen atoms in total. The molecule has 0 aliphatic heterocycles. The molecule has 1 N–H and O–H groups in total. The van der Waals surface area contributed by atoms with E-state index in [1.54, 1.807) is 0 Å². The van der Waals surface area contributed by atoms with E-state index in [0.29, 0.717) is 0 Å². The molecule has 0 atom stereocenters. The molecule has 4 aromatic rings. The molecule has 124 valence electrons. The first-order valence-electron chi connectivity index (χ1n) is 8.59. The summed E-state index contributed by atoms with van der Waals surface area (Å²) in [5.41, 5.74) is 6.00. The van der Waals surface area contributed by atoms with Gasteiger partial charge in [0.2, 0.25) is 0 Å². The zero-order chi connectivity index (χ0) is 16.9. The number of hydrogen-bond acceptors (Lipinski definition) is 1. The first-order valence-corrected chi connectivity index (χ1v) is 8.59. The fraction of sp³-hybridized carbons (Fsp3) is 0.0870. The number of hydrogen-bond donors (Lipinski definition) is 1. The van der Waals surface area contributed by atoms with E-state index in [4.69, 9.17) is 4.98 Å². The van der Waals surface area contributed by atoms with E-state index in [9.17, 15) is 0 Å². The summed E-state index contributed by atoms with van der Waals surface area (Å²) in [6.07, 6.45) is 1.70. The second kappa shape index (κ2) is 11.0. The summed E-state index contributed by atoms with van der Waals surface area (Å²) in [5.74, 6) is 0.942. The summed E-state index contributed by atoms with van der Waals surface area (Å²) >= 11 is 0. The molecule has 2 radical (unpaired) electrons. The molecule has 4 rings (SSSR count). The van der Waals surface area contributed by atoms with Crippen LogP contribution in [0.25, 0.3) is 11.4 Å². The van der Waals surface area contributed by atoms with E-state index in [0.717, 1.165) is 29.9 Å². The average molecular weight is 370 g/mol. The maximum atomic E-state index is 4.92. The van der Waals surface area contributed by atoms with E-state index in [1.165, 1.54) is 16.8 Å². The molecule has 1 heterocycles. The van der Waals surface area contributed by atoms with Crippen molar-refractivity contribution in [3.63, 3.8) is 0 Å². The normalized spacial score (nSPS) is 9.93. The van der Waals surface area contributed by atoms with Gasteiger partial charge in [0.05, 0.1) is 5.69 Å². The van der Waals surface area contributed by atoms with Crippen LogP contribution in [0.3, 0.4) is 0 Å². The number of benzene rings is 3. The van der Waals surface area contributed by atoms with Crippen LogP contribution in [-0.2, 0) is 12.8 Å². The molecule has 3 aromatic carbocycles. The largest absolute Gasteiger partial charge is 0.341 e. The fourth-order valence-electron chi connectivity index (χ4n) is 3.06. The molecular formula is C23H20N2Na2. The minimum Gasteiger partial charge on any atom is -0.341 e. The standard InChI is InChI=1S/C23H20N2.2Na/c1-4-10-18(11-5-1)16-21-22(17-19-12-6-2-7-13-19)25-23(24-21)20-14-8-3-9-15-20;;/h1-15H,16-17H2,(H,24,25);;. The Bertz CT molecular complexity index is 877. The van der Waals surface area contributed by atoms with Gasteiger partial charge in [-0.1, -0.05) is 91.0 Å². The van der Waals surface area contributed by atoms with Crippen molar-refractivity contribution in [1.29, 1.82) is 0 Å². The number of aromatic nitrogens is 2. The summed E-state index contributed by atoms with van der Waals surface area (Å²) in [6, 6.07) is 31.4. The van der Waals surface area contributed by atoms with Gasteiger partial charge in [0.1, 0.15) is 5.82 Å². The number of rotatable bonds is 5. The van der Waals surface area contributed by atoms with Crippen LogP contribution in [0.5, 0.6) is 0 Å². The molecule has 0 unspecified atom stereocenters. The second-order valence-corrected chi connectivity index (χ2v) is 6.20. The molecule has 4 heteroatoms. The number of aromatic amines is 1. The Kier molecular flexibility index (Phi) is 9.04. The third-order valence-corrected chi connectivity index (χ3v) is 4.35. The summed E-state index contributed by atoms with van der Waals surface area (Å²) < 4.78 is 0. The Morgan fingerprint density at radius 1 is 0.593 bits per heavy atom. The quantitative estimate of drug-likeness (QED) is 0.515. The van der Waals surface area contributed by atoms with Crippen molar-refractivity contribution in [2.24, 2.45) is 0 Å². The first kappa shape index (κ1) is 22.2. The van der Waals surface area contributed by atoms with Crippen LogP contribution in [0.15, 0.2) is 91.0 Å². The van der Waals surface area contributed by atoms with Gasteiger partial charge >= 0.3 is 0 Å². The Labute approximate surface area is 205 Å². The van der Waals surface area contributed by atoms with Crippen LogP contribution in [0.4, 0.5) is 0 Å². The van der Waals surface area contributed by atoms with Crippen molar-refractivity contribution in [3.8, 4) is 11.4 Å². The van der Waals surface area contributed by atoms with Crippen molar-refractivity contribution in [3.05, 3.63) is 114 Å². The smallest absolute Gasteiger partial charge is 0.137 e. The zero-order valence-corrected chi connectivity index (χ0v) is 20.0. The van der Waals surface area contributed by atoms with Gasteiger partial charge in [-0.3, -0.25) is 0 Å². The number of nitrogens with one attached hydrogen (secondary N) is 1. The van der Waals surface area contributed by atoms with Gasteiger partial charge in [-0.05, 0) is 11.1 Å². The predicted molar refractivity (Wildman–Crippen MR) is 114 cm³/mol. The number of nitrogens with zero attached hydrogens (tertiary/aromatic N) is 1. The summed E-state index contributed by atoms with van der Waals surface area (Å²) in [5, 5.41) is 0. The van der Waals surface area contributed by atoms with Crippen LogP contribution in [-0.4, -0.2) is 69.1 Å². The Balaban J connectivity index is 0.00000131. The SMILES string of the molecule is [Na].[Na].c1ccc(Cc2nc(-c3ccccc3)[nH]c2Cc2ccccc2)cc1. The van der Waals surface area contributed by atoms with Gasteiger partial charge in [-0.25, -0.2) is 4.98 Å². The van der Waals surface area contributed by atoms with E-state index < -0.39 is 0 Å². The van der Waals surface area contributed by atoms with E-state index in [2.05, 4.69) is 71.7 Å². The van der Waals surface area contributed by atoms with E-state index in [-0.39, 0.29) is 59.1 Å². The van der Waals surface area contributed by atoms with Crippen molar-refractivity contribution in [1.82, 2.24) is 9.97 Å². The van der Waals surface area contributed by atoms with Crippen molar-refractivity contribution in [2.45, 2.75) is 12.8 Å². The first-order chi connectivity index (χ1) is 12.4. The summed E-state index contributed by atoms with van der Waals surface area (Å²) in [4.78, 5) is 8.47. The van der Waals surface area contributed by atoms with Gasteiger partial charge in [0.15, 0.2) is 0 Å². The van der Waals surface area contributed by atoms with Crippen LogP contribution < -0.4 is 0 Å². The third kappa shape index (κ3) is 5.92. The Morgan fingerprint density at radius 3 is 1.63 bits per heavy atom. The van der Waals surface area contributed by atoms with Gasteiger partial charge in [0.25, 0.3) is 0 Å². The van der Waals surface area contributed by atoms with Gasteiger partial charge in [-0.2, -0.15) is 0 Å². The van der Waals surface area contributed by atoms with E-state index in [1.807, 2.05) is 24.3 Å². The average Bonchev–Trinajstić information content (AvgIpc) is 3.06. The minimum atomic E-state index is 0. The molecule has 0 saturated heterocycles. The summed E-state index contributed by atoms with van der Waals surface area (Å²) in [6.45, 7) is 0. The monoisotopic (exact) mass is 370 g/mol. The molecule has 0 aliphatic carbocycles. The fourth-order valence-corrected chi connectivity index (χ4v) is 3.06. The maximum Gasteiger partial charge on any atom is 0.137 e. The maximum absolute atomic E-state index is 4.92. The molecule has 0 amide bonds. The van der Waals surface area contributed by atoms with Crippen LogP contribution in [0, 0.1) is 0 Å². The third-order valence-electron chi connectivity index (χ3n) is 4.35. The number of imidazole rings is 1. The topological polar surface area (TPSA) is 28.7 Å². The molecule has 1 aromatic heterocycles. The molecule has 0 saturated carbocycles. The predicted octanol–water partition coefficient (Wildman–Crippen LogP) is 4.50. The molecule has 0 fully saturated rings. The Hall–Kier alpha value is -1.13. The zero-order valence-electron chi connectivity index (χ0n) is 16.0. The number of H-pyrrole nitrogens is 1. The van der Waals surface area contributed by atoms with E-state index >= 15 is 0 Å². The molecule has 0 spiro atoms. The van der Waals surface area contributed by atoms with Gasteiger partial charge < -0.3 is 4.98 Å².